The van der Waals surface area contributed by atoms with Crippen LogP contribution in [0.4, 0.5) is 8.78 Å². The standard InChI is InChI=1S/C29H26F2O2/c1-20-22(13-7-15-26(20)30)17-23-11-5-6-12-24(28(23)32)18-25-14-8-16-27(31)29(25)33-19-21-9-3-2-4-10-21/h2-4,7-10,13-18H,5-6,11-12,19H2,1H3/b23-17+,24-18+. The molecule has 0 atom stereocenters. The number of carbonyl (C=O) groups is 1. The van der Waals surface area contributed by atoms with Crippen molar-refractivity contribution in [3.63, 3.8) is 0 Å². The molecule has 0 amide bonds. The average molecular weight is 445 g/mol. The van der Waals surface area contributed by atoms with E-state index in [-0.39, 0.29) is 24.0 Å². The minimum Gasteiger partial charge on any atom is -0.485 e. The highest BCUT2D eigenvalue weighted by atomic mass is 19.1. The number of hydrogen-bond acceptors (Lipinski definition) is 2. The first kappa shape index (κ1) is 22.7. The van der Waals surface area contributed by atoms with E-state index in [4.69, 9.17) is 4.74 Å². The number of Topliss-reactive ketones (excluding diaryl/α,β-unsaturated/α-hetero) is 1. The summed E-state index contributed by atoms with van der Waals surface area (Å²) in [5.41, 5.74) is 3.96. The number of hydrogen-bond donors (Lipinski definition) is 0. The van der Waals surface area contributed by atoms with Crippen LogP contribution in [-0.2, 0) is 11.4 Å². The maximum Gasteiger partial charge on any atom is 0.185 e. The fourth-order valence-electron chi connectivity index (χ4n) is 4.02. The topological polar surface area (TPSA) is 26.3 Å². The molecule has 0 aliphatic heterocycles. The Bertz CT molecular complexity index is 1210. The molecular weight excluding hydrogens is 418 g/mol. The van der Waals surface area contributed by atoms with Crippen LogP contribution >= 0.6 is 0 Å². The van der Waals surface area contributed by atoms with Gasteiger partial charge in [0.25, 0.3) is 0 Å². The van der Waals surface area contributed by atoms with E-state index in [2.05, 4.69) is 0 Å². The van der Waals surface area contributed by atoms with Gasteiger partial charge in [0, 0.05) is 16.7 Å². The van der Waals surface area contributed by atoms with Crippen molar-refractivity contribution >= 4 is 17.9 Å². The van der Waals surface area contributed by atoms with Gasteiger partial charge in [-0.2, -0.15) is 0 Å². The molecule has 1 aliphatic rings. The lowest BCUT2D eigenvalue weighted by Crippen LogP contribution is -2.05. The molecule has 2 nitrogen and oxygen atoms in total. The van der Waals surface area contributed by atoms with Crippen LogP contribution in [0.3, 0.4) is 0 Å². The summed E-state index contributed by atoms with van der Waals surface area (Å²) < 4.78 is 34.4. The normalized spacial score (nSPS) is 16.8. The molecule has 4 heteroatoms. The number of benzene rings is 3. The smallest absolute Gasteiger partial charge is 0.185 e. The molecule has 0 bridgehead atoms. The van der Waals surface area contributed by atoms with Gasteiger partial charge in [-0.15, -0.1) is 0 Å². The molecular formula is C29H26F2O2. The lowest BCUT2D eigenvalue weighted by Gasteiger charge is -2.12. The molecule has 0 heterocycles. The van der Waals surface area contributed by atoms with E-state index in [1.54, 1.807) is 37.3 Å². The van der Waals surface area contributed by atoms with Crippen LogP contribution in [0.15, 0.2) is 77.9 Å². The number of allylic oxidation sites excluding steroid dienone is 2. The largest absolute Gasteiger partial charge is 0.485 e. The van der Waals surface area contributed by atoms with Crippen LogP contribution in [0, 0.1) is 18.6 Å². The van der Waals surface area contributed by atoms with Gasteiger partial charge in [0.05, 0.1) is 0 Å². The van der Waals surface area contributed by atoms with Crippen LogP contribution in [0.25, 0.3) is 12.2 Å². The molecule has 0 N–H and O–H groups in total. The van der Waals surface area contributed by atoms with Gasteiger partial charge in [0.15, 0.2) is 17.3 Å². The van der Waals surface area contributed by atoms with Gasteiger partial charge in [-0.05, 0) is 73.6 Å². The van der Waals surface area contributed by atoms with Crippen molar-refractivity contribution in [1.82, 2.24) is 0 Å². The first-order valence-corrected chi connectivity index (χ1v) is 11.2. The van der Waals surface area contributed by atoms with Gasteiger partial charge in [-0.3, -0.25) is 4.79 Å². The molecule has 1 fully saturated rings. The summed E-state index contributed by atoms with van der Waals surface area (Å²) in [6.07, 6.45) is 6.48. The number of carbonyl (C=O) groups excluding carboxylic acids is 1. The second kappa shape index (κ2) is 10.4. The molecule has 0 spiro atoms. The van der Waals surface area contributed by atoms with Crippen LogP contribution in [0.5, 0.6) is 5.75 Å². The maximum atomic E-state index is 14.6. The minimum absolute atomic E-state index is 0.0746. The lowest BCUT2D eigenvalue weighted by molar-refractivity contribution is -0.112. The monoisotopic (exact) mass is 444 g/mol. The molecule has 0 radical (unpaired) electrons. The molecule has 3 aromatic rings. The van der Waals surface area contributed by atoms with Crippen molar-refractivity contribution in [3.8, 4) is 5.75 Å². The molecule has 1 aliphatic carbocycles. The summed E-state index contributed by atoms with van der Waals surface area (Å²) in [7, 11) is 0. The van der Waals surface area contributed by atoms with Crippen molar-refractivity contribution in [3.05, 3.63) is 112 Å². The van der Waals surface area contributed by atoms with Crippen LogP contribution in [0.1, 0.15) is 47.9 Å². The van der Waals surface area contributed by atoms with Gasteiger partial charge in [-0.25, -0.2) is 8.78 Å². The highest BCUT2D eigenvalue weighted by Crippen LogP contribution is 2.31. The van der Waals surface area contributed by atoms with E-state index in [1.807, 2.05) is 36.4 Å². The second-order valence-electron chi connectivity index (χ2n) is 8.26. The van der Waals surface area contributed by atoms with E-state index in [9.17, 15) is 13.6 Å². The summed E-state index contributed by atoms with van der Waals surface area (Å²) in [4.78, 5) is 13.4. The van der Waals surface area contributed by atoms with Gasteiger partial charge < -0.3 is 4.74 Å². The van der Waals surface area contributed by atoms with Gasteiger partial charge >= 0.3 is 0 Å². The number of rotatable bonds is 5. The first-order chi connectivity index (χ1) is 16.0. The Hall–Kier alpha value is -3.53. The van der Waals surface area contributed by atoms with Crippen molar-refractivity contribution < 1.29 is 18.3 Å². The number of para-hydroxylation sites is 1. The Morgan fingerprint density at radius 1 is 0.788 bits per heavy atom. The zero-order valence-corrected chi connectivity index (χ0v) is 18.6. The fourth-order valence-corrected chi connectivity index (χ4v) is 4.02. The third kappa shape index (κ3) is 5.46. The van der Waals surface area contributed by atoms with Gasteiger partial charge in [0.2, 0.25) is 0 Å². The fraction of sp³-hybridized carbons (Fsp3) is 0.207. The molecule has 3 aromatic carbocycles. The summed E-state index contributed by atoms with van der Waals surface area (Å²) >= 11 is 0. The number of ketones is 1. The predicted octanol–water partition coefficient (Wildman–Crippen LogP) is 7.46. The SMILES string of the molecule is Cc1c(F)cccc1/C=C1\CCCC/C(=C\c2cccc(F)c2OCc2ccccc2)C1=O. The molecule has 168 valence electrons. The van der Waals surface area contributed by atoms with Crippen LogP contribution < -0.4 is 4.74 Å². The lowest BCUT2D eigenvalue weighted by atomic mass is 9.96. The second-order valence-corrected chi connectivity index (χ2v) is 8.26. The van der Waals surface area contributed by atoms with E-state index in [0.717, 1.165) is 18.4 Å². The predicted molar refractivity (Wildman–Crippen MR) is 128 cm³/mol. The minimum atomic E-state index is -0.465. The molecule has 0 saturated heterocycles. The molecule has 0 aromatic heterocycles. The van der Waals surface area contributed by atoms with Crippen molar-refractivity contribution in [1.29, 1.82) is 0 Å². The summed E-state index contributed by atoms with van der Waals surface area (Å²) in [6, 6.07) is 19.2. The summed E-state index contributed by atoms with van der Waals surface area (Å²) in [5, 5.41) is 0. The van der Waals surface area contributed by atoms with Crippen molar-refractivity contribution in [2.45, 2.75) is 39.2 Å². The Kier molecular flexibility index (Phi) is 7.13. The summed E-state index contributed by atoms with van der Waals surface area (Å²) in [6.45, 7) is 1.94. The van der Waals surface area contributed by atoms with Crippen molar-refractivity contribution in [2.75, 3.05) is 0 Å². The zero-order valence-electron chi connectivity index (χ0n) is 18.6. The third-order valence-corrected chi connectivity index (χ3v) is 5.92. The van der Waals surface area contributed by atoms with E-state index in [1.165, 1.54) is 12.1 Å². The number of ether oxygens (including phenoxy) is 1. The number of halogens is 2. The van der Waals surface area contributed by atoms with Gasteiger partial charge in [-0.1, -0.05) is 54.6 Å². The van der Waals surface area contributed by atoms with E-state index < -0.39 is 5.82 Å². The maximum absolute atomic E-state index is 14.6. The van der Waals surface area contributed by atoms with Crippen LogP contribution in [-0.4, -0.2) is 5.78 Å². The Morgan fingerprint density at radius 2 is 1.39 bits per heavy atom. The Morgan fingerprint density at radius 3 is 2.09 bits per heavy atom. The highest BCUT2D eigenvalue weighted by Gasteiger charge is 2.20. The van der Waals surface area contributed by atoms with E-state index in [0.29, 0.717) is 40.7 Å². The average Bonchev–Trinajstić information content (AvgIpc) is 2.99. The zero-order chi connectivity index (χ0) is 23.2. The quantitative estimate of drug-likeness (QED) is 0.301. The third-order valence-electron chi connectivity index (χ3n) is 5.92. The molecule has 33 heavy (non-hydrogen) atoms. The van der Waals surface area contributed by atoms with Crippen LogP contribution in [0.2, 0.25) is 0 Å². The van der Waals surface area contributed by atoms with Crippen molar-refractivity contribution in [2.24, 2.45) is 0 Å². The van der Waals surface area contributed by atoms with Gasteiger partial charge in [0.1, 0.15) is 12.4 Å². The summed E-state index contributed by atoms with van der Waals surface area (Å²) in [5.74, 6) is -0.694. The van der Waals surface area contributed by atoms with E-state index >= 15 is 0 Å². The molecule has 1 saturated carbocycles. The molecule has 0 unspecified atom stereocenters. The Balaban J connectivity index is 1.65. The molecule has 4 rings (SSSR count). The Labute approximate surface area is 193 Å². The highest BCUT2D eigenvalue weighted by molar-refractivity contribution is 6.13. The first-order valence-electron chi connectivity index (χ1n) is 11.2.